The Morgan fingerprint density at radius 1 is 1.19 bits per heavy atom. The highest BCUT2D eigenvalue weighted by molar-refractivity contribution is 5.80. The van der Waals surface area contributed by atoms with Crippen LogP contribution in [-0.4, -0.2) is 51.5 Å². The van der Waals surface area contributed by atoms with Gasteiger partial charge in [0.25, 0.3) is 0 Å². The molecular weight excluding hydrogens is 326 g/mol. The molecule has 0 radical (unpaired) electrons. The van der Waals surface area contributed by atoms with Crippen LogP contribution in [0.15, 0.2) is 55.0 Å². The van der Waals surface area contributed by atoms with E-state index in [0.717, 1.165) is 42.8 Å². The molecule has 4 rings (SSSR count). The van der Waals surface area contributed by atoms with Crippen molar-refractivity contribution in [3.05, 3.63) is 55.0 Å². The Kier molecular flexibility index (Phi) is 4.56. The molecule has 26 heavy (non-hydrogen) atoms. The number of para-hydroxylation sites is 2. The van der Waals surface area contributed by atoms with E-state index in [2.05, 4.69) is 14.9 Å². The van der Waals surface area contributed by atoms with Crippen LogP contribution in [0.3, 0.4) is 0 Å². The molecule has 134 valence electrons. The molecule has 1 fully saturated rings. The SMILES string of the molecule is CN(C(=O)Cn1cnc2ccccc21)[C@H]1CCCN(c2ccccn2)C1. The number of nitrogens with zero attached hydrogens (tertiary/aromatic N) is 5. The smallest absolute Gasteiger partial charge is 0.242 e. The van der Waals surface area contributed by atoms with E-state index in [9.17, 15) is 4.79 Å². The van der Waals surface area contributed by atoms with Crippen molar-refractivity contribution in [1.82, 2.24) is 19.4 Å². The fraction of sp³-hybridized carbons (Fsp3) is 0.350. The van der Waals surface area contributed by atoms with Gasteiger partial charge in [-0.2, -0.15) is 0 Å². The van der Waals surface area contributed by atoms with E-state index in [1.165, 1.54) is 0 Å². The Morgan fingerprint density at radius 3 is 2.88 bits per heavy atom. The number of benzene rings is 1. The first-order valence-electron chi connectivity index (χ1n) is 9.04. The number of pyridine rings is 1. The van der Waals surface area contributed by atoms with Crippen LogP contribution in [0.1, 0.15) is 12.8 Å². The van der Waals surface area contributed by atoms with Gasteiger partial charge in [0.05, 0.1) is 17.4 Å². The maximum atomic E-state index is 12.8. The van der Waals surface area contributed by atoms with Gasteiger partial charge in [-0.05, 0) is 37.1 Å². The van der Waals surface area contributed by atoms with Crippen molar-refractivity contribution in [3.8, 4) is 0 Å². The second kappa shape index (κ2) is 7.15. The van der Waals surface area contributed by atoms with Crippen molar-refractivity contribution in [2.75, 3.05) is 25.0 Å². The summed E-state index contributed by atoms with van der Waals surface area (Å²) in [5.74, 6) is 1.10. The van der Waals surface area contributed by atoms with E-state index in [1.807, 2.05) is 65.2 Å². The fourth-order valence-electron chi connectivity index (χ4n) is 3.62. The summed E-state index contributed by atoms with van der Waals surface area (Å²) in [6, 6.07) is 14.1. The molecule has 2 aromatic heterocycles. The second-order valence-electron chi connectivity index (χ2n) is 6.80. The summed E-state index contributed by atoms with van der Waals surface area (Å²) in [5.41, 5.74) is 1.91. The number of imidazole rings is 1. The van der Waals surface area contributed by atoms with Gasteiger partial charge in [-0.1, -0.05) is 18.2 Å². The van der Waals surface area contributed by atoms with Crippen molar-refractivity contribution in [1.29, 1.82) is 0 Å². The molecule has 1 saturated heterocycles. The molecule has 1 atom stereocenters. The fourth-order valence-corrected chi connectivity index (χ4v) is 3.62. The van der Waals surface area contributed by atoms with Gasteiger partial charge < -0.3 is 14.4 Å². The molecule has 0 N–H and O–H groups in total. The van der Waals surface area contributed by atoms with Crippen LogP contribution in [0.4, 0.5) is 5.82 Å². The lowest BCUT2D eigenvalue weighted by molar-refractivity contribution is -0.132. The molecule has 6 heteroatoms. The lowest BCUT2D eigenvalue weighted by atomic mass is 10.0. The van der Waals surface area contributed by atoms with E-state index < -0.39 is 0 Å². The highest BCUT2D eigenvalue weighted by atomic mass is 16.2. The Hall–Kier alpha value is -2.89. The standard InChI is InChI=1S/C20H23N5O/c1-23(16-7-6-12-24(13-16)19-10-4-5-11-21-19)20(26)14-25-15-22-17-8-2-3-9-18(17)25/h2-5,8-11,15-16H,6-7,12-14H2,1H3/t16-/m0/s1. The minimum atomic E-state index is 0.112. The molecule has 0 spiro atoms. The predicted molar refractivity (Wildman–Crippen MR) is 102 cm³/mol. The van der Waals surface area contributed by atoms with Gasteiger partial charge in [0, 0.05) is 32.4 Å². The Bertz CT molecular complexity index is 891. The molecule has 0 aliphatic carbocycles. The third-order valence-electron chi connectivity index (χ3n) is 5.14. The Balaban J connectivity index is 1.44. The van der Waals surface area contributed by atoms with E-state index in [-0.39, 0.29) is 11.9 Å². The number of carbonyl (C=O) groups excluding carboxylic acids is 1. The first-order valence-corrected chi connectivity index (χ1v) is 9.04. The number of piperidine rings is 1. The van der Waals surface area contributed by atoms with Gasteiger partial charge in [0.15, 0.2) is 0 Å². The Labute approximate surface area is 153 Å². The van der Waals surface area contributed by atoms with E-state index in [0.29, 0.717) is 6.54 Å². The summed E-state index contributed by atoms with van der Waals surface area (Å²) in [5, 5.41) is 0. The molecule has 1 aliphatic rings. The van der Waals surface area contributed by atoms with Crippen molar-refractivity contribution < 1.29 is 4.79 Å². The maximum absolute atomic E-state index is 12.8. The summed E-state index contributed by atoms with van der Waals surface area (Å²) in [6.45, 7) is 2.13. The average molecular weight is 349 g/mol. The molecular formula is C20H23N5O. The zero-order chi connectivity index (χ0) is 17.9. The van der Waals surface area contributed by atoms with Crippen LogP contribution in [0.5, 0.6) is 0 Å². The number of hydrogen-bond acceptors (Lipinski definition) is 4. The summed E-state index contributed by atoms with van der Waals surface area (Å²) >= 11 is 0. The number of hydrogen-bond donors (Lipinski definition) is 0. The van der Waals surface area contributed by atoms with Crippen molar-refractivity contribution in [2.24, 2.45) is 0 Å². The van der Waals surface area contributed by atoms with Gasteiger partial charge in [-0.15, -0.1) is 0 Å². The summed E-state index contributed by atoms with van der Waals surface area (Å²) in [4.78, 5) is 25.8. The monoisotopic (exact) mass is 349 g/mol. The van der Waals surface area contributed by atoms with Gasteiger partial charge in [-0.25, -0.2) is 9.97 Å². The van der Waals surface area contributed by atoms with Crippen LogP contribution in [0.2, 0.25) is 0 Å². The van der Waals surface area contributed by atoms with Crippen LogP contribution in [0.25, 0.3) is 11.0 Å². The molecule has 3 heterocycles. The normalized spacial score (nSPS) is 17.4. The van der Waals surface area contributed by atoms with Crippen LogP contribution in [0, 0.1) is 0 Å². The van der Waals surface area contributed by atoms with E-state index in [1.54, 1.807) is 6.33 Å². The lowest BCUT2D eigenvalue weighted by Gasteiger charge is -2.38. The number of fused-ring (bicyclic) bond motifs is 1. The van der Waals surface area contributed by atoms with Crippen LogP contribution >= 0.6 is 0 Å². The van der Waals surface area contributed by atoms with Crippen molar-refractivity contribution in [3.63, 3.8) is 0 Å². The van der Waals surface area contributed by atoms with E-state index in [4.69, 9.17) is 0 Å². The zero-order valence-corrected chi connectivity index (χ0v) is 15.0. The van der Waals surface area contributed by atoms with Gasteiger partial charge in [0.1, 0.15) is 12.4 Å². The van der Waals surface area contributed by atoms with Crippen molar-refractivity contribution in [2.45, 2.75) is 25.4 Å². The molecule has 1 aromatic carbocycles. The number of anilines is 1. The van der Waals surface area contributed by atoms with Crippen molar-refractivity contribution >= 4 is 22.8 Å². The largest absolute Gasteiger partial charge is 0.355 e. The van der Waals surface area contributed by atoms with Crippen LogP contribution in [-0.2, 0) is 11.3 Å². The van der Waals surface area contributed by atoms with Gasteiger partial charge in [0.2, 0.25) is 5.91 Å². The number of carbonyl (C=O) groups is 1. The first-order chi connectivity index (χ1) is 12.7. The second-order valence-corrected chi connectivity index (χ2v) is 6.80. The summed E-state index contributed by atoms with van der Waals surface area (Å²) < 4.78 is 1.92. The molecule has 6 nitrogen and oxygen atoms in total. The predicted octanol–water partition coefficient (Wildman–Crippen LogP) is 2.56. The number of aromatic nitrogens is 3. The zero-order valence-electron chi connectivity index (χ0n) is 15.0. The molecule has 1 amide bonds. The number of amides is 1. The maximum Gasteiger partial charge on any atom is 0.242 e. The minimum absolute atomic E-state index is 0.112. The topological polar surface area (TPSA) is 54.3 Å². The molecule has 3 aromatic rings. The average Bonchev–Trinajstić information content (AvgIpc) is 3.11. The Morgan fingerprint density at radius 2 is 2.04 bits per heavy atom. The molecule has 0 saturated carbocycles. The first kappa shape index (κ1) is 16.6. The van der Waals surface area contributed by atoms with Gasteiger partial charge >= 0.3 is 0 Å². The summed E-state index contributed by atoms with van der Waals surface area (Å²) in [7, 11) is 1.91. The molecule has 1 aliphatic heterocycles. The highest BCUT2D eigenvalue weighted by Crippen LogP contribution is 2.20. The quantitative estimate of drug-likeness (QED) is 0.726. The minimum Gasteiger partial charge on any atom is -0.355 e. The third kappa shape index (κ3) is 3.27. The number of rotatable bonds is 4. The molecule has 0 bridgehead atoms. The lowest BCUT2D eigenvalue weighted by Crippen LogP contribution is -2.49. The van der Waals surface area contributed by atoms with Gasteiger partial charge in [-0.3, -0.25) is 4.79 Å². The van der Waals surface area contributed by atoms with Crippen LogP contribution < -0.4 is 4.90 Å². The van der Waals surface area contributed by atoms with E-state index >= 15 is 0 Å². The summed E-state index contributed by atoms with van der Waals surface area (Å²) in [6.07, 6.45) is 5.65. The third-order valence-corrected chi connectivity index (χ3v) is 5.14. The highest BCUT2D eigenvalue weighted by Gasteiger charge is 2.26. The number of likely N-dealkylation sites (N-methyl/N-ethyl adjacent to an activating group) is 1. The molecule has 0 unspecified atom stereocenters.